The topological polar surface area (TPSA) is 61.3 Å². The molecule has 5 heteroatoms. The fourth-order valence-electron chi connectivity index (χ4n) is 2.75. The molecule has 2 N–H and O–H groups in total. The summed E-state index contributed by atoms with van der Waals surface area (Å²) in [5.41, 5.74) is 0. The Morgan fingerprint density at radius 1 is 1.38 bits per heavy atom. The van der Waals surface area contributed by atoms with E-state index in [-0.39, 0.29) is 5.75 Å². The van der Waals surface area contributed by atoms with E-state index >= 15 is 0 Å². The molecule has 3 rings (SSSR count). The van der Waals surface area contributed by atoms with Gasteiger partial charge in [0, 0.05) is 12.6 Å². The number of nitrogens with one attached hydrogen (secondary N) is 1. The predicted molar refractivity (Wildman–Crippen MR) is 58.9 cm³/mol. The first-order valence-electron chi connectivity index (χ1n) is 5.77. The lowest BCUT2D eigenvalue weighted by atomic mass is 10.1. The zero-order valence-corrected chi connectivity index (χ0v) is 9.13. The number of aromatic nitrogens is 2. The van der Waals surface area contributed by atoms with Crippen LogP contribution in [0.25, 0.3) is 0 Å². The average Bonchev–Trinajstić information content (AvgIpc) is 2.86. The van der Waals surface area contributed by atoms with Gasteiger partial charge in [0.05, 0.1) is 18.9 Å². The smallest absolute Gasteiger partial charge is 0.152 e. The Kier molecular flexibility index (Phi) is 2.49. The molecule has 2 saturated heterocycles. The van der Waals surface area contributed by atoms with E-state index in [1.165, 1.54) is 18.8 Å². The second-order valence-corrected chi connectivity index (χ2v) is 4.60. The molecule has 0 saturated carbocycles. The minimum atomic E-state index is 0.130. The summed E-state index contributed by atoms with van der Waals surface area (Å²) in [4.78, 5) is 10.7. The van der Waals surface area contributed by atoms with Crippen molar-refractivity contribution in [3.05, 3.63) is 18.2 Å². The van der Waals surface area contributed by atoms with Gasteiger partial charge in [-0.15, -0.1) is 0 Å². The van der Waals surface area contributed by atoms with Gasteiger partial charge in [0.2, 0.25) is 0 Å². The average molecular weight is 220 g/mol. The van der Waals surface area contributed by atoms with Crippen LogP contribution in [0.2, 0.25) is 0 Å². The molecule has 5 nitrogen and oxygen atoms in total. The van der Waals surface area contributed by atoms with Crippen molar-refractivity contribution in [3.8, 4) is 5.75 Å². The van der Waals surface area contributed by atoms with Crippen LogP contribution in [0.1, 0.15) is 12.2 Å². The van der Waals surface area contributed by atoms with Crippen molar-refractivity contribution in [2.45, 2.75) is 19.0 Å². The predicted octanol–water partition coefficient (Wildman–Crippen LogP) is -0.0241. The van der Waals surface area contributed by atoms with E-state index in [1.54, 1.807) is 0 Å². The molecule has 0 aliphatic carbocycles. The monoisotopic (exact) mass is 220 g/mol. The van der Waals surface area contributed by atoms with Gasteiger partial charge in [0.15, 0.2) is 5.75 Å². The van der Waals surface area contributed by atoms with Gasteiger partial charge in [-0.05, 0) is 25.4 Å². The number of rotatable bonds is 2. The van der Waals surface area contributed by atoms with Crippen LogP contribution in [0.3, 0.4) is 0 Å². The van der Waals surface area contributed by atoms with E-state index in [4.69, 9.17) is 5.11 Å². The van der Waals surface area contributed by atoms with E-state index in [0.29, 0.717) is 6.04 Å². The third kappa shape index (κ3) is 1.76. The molecule has 0 unspecified atom stereocenters. The number of hydrogen-bond donors (Lipinski definition) is 2. The largest absolute Gasteiger partial charge is 0.505 e. The molecule has 16 heavy (non-hydrogen) atoms. The van der Waals surface area contributed by atoms with Crippen LogP contribution < -0.4 is 5.32 Å². The molecule has 3 heterocycles. The normalized spacial score (nSPS) is 29.5. The lowest BCUT2D eigenvalue weighted by molar-refractivity contribution is 0.238. The van der Waals surface area contributed by atoms with Gasteiger partial charge in [-0.25, -0.2) is 9.97 Å². The van der Waals surface area contributed by atoms with Gasteiger partial charge >= 0.3 is 0 Å². The highest BCUT2D eigenvalue weighted by molar-refractivity contribution is 5.09. The van der Waals surface area contributed by atoms with Crippen LogP contribution in [0.15, 0.2) is 12.4 Å². The molecule has 2 fully saturated rings. The zero-order chi connectivity index (χ0) is 11.0. The summed E-state index contributed by atoms with van der Waals surface area (Å²) in [5.74, 6) is 1.73. The lowest BCUT2D eigenvalue weighted by Crippen LogP contribution is -2.34. The summed E-state index contributed by atoms with van der Waals surface area (Å²) >= 11 is 0. The molecule has 86 valence electrons. The van der Waals surface area contributed by atoms with Gasteiger partial charge in [0.1, 0.15) is 5.82 Å². The Hall–Kier alpha value is -1.20. The zero-order valence-electron chi connectivity index (χ0n) is 9.13. The second kappa shape index (κ2) is 3.99. The van der Waals surface area contributed by atoms with E-state index in [0.717, 1.165) is 37.9 Å². The van der Waals surface area contributed by atoms with Gasteiger partial charge in [-0.1, -0.05) is 0 Å². The highest BCUT2D eigenvalue weighted by Gasteiger charge is 2.37. The molecular weight excluding hydrogens is 204 g/mol. The minimum Gasteiger partial charge on any atom is -0.505 e. The fourth-order valence-corrected chi connectivity index (χ4v) is 2.75. The summed E-state index contributed by atoms with van der Waals surface area (Å²) < 4.78 is 0. The first-order chi connectivity index (χ1) is 7.83. The Morgan fingerprint density at radius 3 is 3.00 bits per heavy atom. The standard InChI is InChI=1S/C11H16N4O/c16-9-4-13-11(14-5-9)7-15-2-1-8-3-12-6-10(8)15/h4-5,8,10,12,16H,1-3,6-7H2/t8-,10+/m1/s1. The van der Waals surface area contributed by atoms with Crippen molar-refractivity contribution in [2.75, 3.05) is 19.6 Å². The summed E-state index contributed by atoms with van der Waals surface area (Å²) in [6, 6.07) is 0.650. The van der Waals surface area contributed by atoms with Crippen LogP contribution in [0, 0.1) is 5.92 Å². The van der Waals surface area contributed by atoms with E-state index in [1.807, 2.05) is 0 Å². The van der Waals surface area contributed by atoms with Gasteiger partial charge in [-0.2, -0.15) is 0 Å². The van der Waals surface area contributed by atoms with Crippen molar-refractivity contribution in [1.29, 1.82) is 0 Å². The Bertz CT molecular complexity index is 367. The minimum absolute atomic E-state index is 0.130. The molecule has 0 aromatic carbocycles. The molecule has 0 bridgehead atoms. The summed E-state index contributed by atoms with van der Waals surface area (Å²) in [6.45, 7) is 4.17. The van der Waals surface area contributed by atoms with E-state index < -0.39 is 0 Å². The maximum Gasteiger partial charge on any atom is 0.152 e. The molecule has 0 radical (unpaired) electrons. The van der Waals surface area contributed by atoms with Crippen LogP contribution >= 0.6 is 0 Å². The maximum absolute atomic E-state index is 9.12. The number of aromatic hydroxyl groups is 1. The third-order valence-corrected chi connectivity index (χ3v) is 3.60. The van der Waals surface area contributed by atoms with Crippen molar-refractivity contribution < 1.29 is 5.11 Å². The molecule has 0 amide bonds. The fraction of sp³-hybridized carbons (Fsp3) is 0.636. The first-order valence-corrected chi connectivity index (χ1v) is 5.77. The SMILES string of the molecule is Oc1cnc(CN2CC[C@@H]3CNC[C@@H]32)nc1. The van der Waals surface area contributed by atoms with Gasteiger partial charge in [-0.3, -0.25) is 4.90 Å². The van der Waals surface area contributed by atoms with Gasteiger partial charge < -0.3 is 10.4 Å². The first kappa shape index (κ1) is 9.99. The molecule has 1 aromatic rings. The Morgan fingerprint density at radius 2 is 2.19 bits per heavy atom. The van der Waals surface area contributed by atoms with Crippen LogP contribution in [0.5, 0.6) is 5.75 Å². The Balaban J connectivity index is 1.68. The van der Waals surface area contributed by atoms with Crippen molar-refractivity contribution in [1.82, 2.24) is 20.2 Å². The van der Waals surface area contributed by atoms with Crippen molar-refractivity contribution >= 4 is 0 Å². The van der Waals surface area contributed by atoms with E-state index in [9.17, 15) is 0 Å². The highest BCUT2D eigenvalue weighted by Crippen LogP contribution is 2.27. The molecule has 2 aliphatic heterocycles. The molecule has 2 aliphatic rings. The van der Waals surface area contributed by atoms with Crippen LogP contribution in [-0.2, 0) is 6.54 Å². The Labute approximate surface area is 94.5 Å². The summed E-state index contributed by atoms with van der Waals surface area (Å²) in [7, 11) is 0. The molecular formula is C11H16N4O. The molecule has 2 atom stereocenters. The van der Waals surface area contributed by atoms with Gasteiger partial charge in [0.25, 0.3) is 0 Å². The number of likely N-dealkylation sites (tertiary alicyclic amines) is 1. The van der Waals surface area contributed by atoms with Crippen LogP contribution in [-0.4, -0.2) is 45.7 Å². The van der Waals surface area contributed by atoms with Crippen molar-refractivity contribution in [3.63, 3.8) is 0 Å². The summed E-state index contributed by atoms with van der Waals surface area (Å²) in [5, 5.41) is 12.5. The third-order valence-electron chi connectivity index (χ3n) is 3.60. The molecule has 0 spiro atoms. The number of hydrogen-bond acceptors (Lipinski definition) is 5. The maximum atomic E-state index is 9.12. The van der Waals surface area contributed by atoms with Crippen LogP contribution in [0.4, 0.5) is 0 Å². The quantitative estimate of drug-likeness (QED) is 0.733. The molecule has 1 aromatic heterocycles. The lowest BCUT2D eigenvalue weighted by Gasteiger charge is -2.21. The second-order valence-electron chi connectivity index (χ2n) is 4.60. The number of nitrogens with zero attached hydrogens (tertiary/aromatic N) is 3. The van der Waals surface area contributed by atoms with Crippen molar-refractivity contribution in [2.24, 2.45) is 5.92 Å². The van der Waals surface area contributed by atoms with E-state index in [2.05, 4.69) is 20.2 Å². The highest BCUT2D eigenvalue weighted by atomic mass is 16.3. The summed E-state index contributed by atoms with van der Waals surface area (Å²) in [6.07, 6.45) is 4.20. The number of fused-ring (bicyclic) bond motifs is 1.